The van der Waals surface area contributed by atoms with E-state index in [0.29, 0.717) is 28.2 Å². The summed E-state index contributed by atoms with van der Waals surface area (Å²) in [6.45, 7) is 0.543. The Hall–Kier alpha value is -2.31. The molecule has 3 aromatic rings. The average molecular weight is 365 g/mol. The molecule has 8 heteroatoms. The molecule has 1 N–H and O–H groups in total. The minimum atomic E-state index is -0.136. The molecule has 1 amide bonds. The Kier molecular flexibility index (Phi) is 5.17. The van der Waals surface area contributed by atoms with E-state index in [1.165, 1.54) is 0 Å². The average Bonchev–Trinajstić information content (AvgIpc) is 2.99. The van der Waals surface area contributed by atoms with Crippen LogP contribution in [0.1, 0.15) is 12.2 Å². The number of carbonyl (C=O) groups is 1. The van der Waals surface area contributed by atoms with Crippen LogP contribution in [0.4, 0.5) is 0 Å². The molecule has 6 nitrogen and oxygen atoms in total. The molecule has 0 aliphatic heterocycles. The van der Waals surface area contributed by atoms with Gasteiger partial charge in [-0.05, 0) is 24.3 Å². The summed E-state index contributed by atoms with van der Waals surface area (Å²) in [5.74, 6) is 1.10. The number of benzene rings is 1. The lowest BCUT2D eigenvalue weighted by atomic mass is 10.3. The van der Waals surface area contributed by atoms with Gasteiger partial charge < -0.3 is 10.1 Å². The van der Waals surface area contributed by atoms with Crippen LogP contribution in [0.5, 0.6) is 5.75 Å². The second-order valence-corrected chi connectivity index (χ2v) is 5.81. The lowest BCUT2D eigenvalue weighted by molar-refractivity contribution is -0.121. The molecule has 2 heterocycles. The van der Waals surface area contributed by atoms with Crippen molar-refractivity contribution < 1.29 is 9.53 Å². The summed E-state index contributed by atoms with van der Waals surface area (Å²) in [6, 6.07) is 10.6. The number of carbonyl (C=O) groups excluding carboxylic acids is 1. The standard InChI is InChI=1S/C16H14Cl2N4O2/c17-12-5-4-11(9-13(12)18)24-8-6-16(23)19-10-15-21-20-14-3-1-2-7-22(14)15/h1-5,7,9H,6,8,10H2,(H,19,23). The van der Waals surface area contributed by atoms with Crippen molar-refractivity contribution in [1.29, 1.82) is 0 Å². The van der Waals surface area contributed by atoms with Crippen LogP contribution in [0, 0.1) is 0 Å². The first-order valence-corrected chi connectivity index (χ1v) is 8.02. The highest BCUT2D eigenvalue weighted by Crippen LogP contribution is 2.26. The van der Waals surface area contributed by atoms with Crippen LogP contribution in [-0.4, -0.2) is 27.1 Å². The molecular formula is C16H14Cl2N4O2. The van der Waals surface area contributed by atoms with Crippen molar-refractivity contribution in [2.75, 3.05) is 6.61 Å². The summed E-state index contributed by atoms with van der Waals surface area (Å²) in [4.78, 5) is 11.9. The molecule has 0 atom stereocenters. The lowest BCUT2D eigenvalue weighted by Gasteiger charge is -2.07. The van der Waals surface area contributed by atoms with Crippen molar-refractivity contribution in [2.45, 2.75) is 13.0 Å². The number of amides is 1. The number of fused-ring (bicyclic) bond motifs is 1. The van der Waals surface area contributed by atoms with E-state index in [4.69, 9.17) is 27.9 Å². The van der Waals surface area contributed by atoms with Crippen molar-refractivity contribution in [1.82, 2.24) is 19.9 Å². The van der Waals surface area contributed by atoms with Gasteiger partial charge in [0.05, 0.1) is 29.6 Å². The van der Waals surface area contributed by atoms with Crippen LogP contribution in [0.15, 0.2) is 42.6 Å². The smallest absolute Gasteiger partial charge is 0.223 e. The van der Waals surface area contributed by atoms with Gasteiger partial charge in [0, 0.05) is 12.3 Å². The minimum absolute atomic E-state index is 0.136. The minimum Gasteiger partial charge on any atom is -0.493 e. The number of rotatable bonds is 6. The van der Waals surface area contributed by atoms with Crippen LogP contribution in [0.2, 0.25) is 10.0 Å². The number of aromatic nitrogens is 3. The van der Waals surface area contributed by atoms with Gasteiger partial charge in [-0.15, -0.1) is 10.2 Å². The van der Waals surface area contributed by atoms with Gasteiger partial charge in [-0.3, -0.25) is 9.20 Å². The zero-order valence-electron chi connectivity index (χ0n) is 12.6. The van der Waals surface area contributed by atoms with E-state index in [0.717, 1.165) is 5.65 Å². The maximum atomic E-state index is 11.9. The van der Waals surface area contributed by atoms with Crippen molar-refractivity contribution in [3.8, 4) is 5.75 Å². The third-order valence-corrected chi connectivity index (χ3v) is 4.06. The van der Waals surface area contributed by atoms with Crippen molar-refractivity contribution in [3.63, 3.8) is 0 Å². The first-order chi connectivity index (χ1) is 11.6. The number of pyridine rings is 1. The van der Waals surface area contributed by atoms with Crippen LogP contribution in [0.25, 0.3) is 5.65 Å². The van der Waals surface area contributed by atoms with Gasteiger partial charge in [0.1, 0.15) is 5.75 Å². The molecule has 0 aliphatic rings. The molecule has 0 bridgehead atoms. The Morgan fingerprint density at radius 2 is 2.04 bits per heavy atom. The van der Waals surface area contributed by atoms with Crippen LogP contribution >= 0.6 is 23.2 Å². The molecule has 0 unspecified atom stereocenters. The number of halogens is 2. The first kappa shape index (κ1) is 16.5. The number of nitrogens with zero attached hydrogens (tertiary/aromatic N) is 3. The third kappa shape index (κ3) is 3.96. The summed E-state index contributed by atoms with van der Waals surface area (Å²) in [7, 11) is 0. The van der Waals surface area contributed by atoms with E-state index in [9.17, 15) is 4.79 Å². The van der Waals surface area contributed by atoms with Gasteiger partial charge >= 0.3 is 0 Å². The highest BCUT2D eigenvalue weighted by Gasteiger charge is 2.07. The predicted octanol–water partition coefficient (Wildman–Crippen LogP) is 3.12. The van der Waals surface area contributed by atoms with Gasteiger partial charge in [-0.1, -0.05) is 29.3 Å². The Balaban J connectivity index is 1.46. The van der Waals surface area contributed by atoms with Crippen molar-refractivity contribution in [2.24, 2.45) is 0 Å². The van der Waals surface area contributed by atoms with Gasteiger partial charge in [0.25, 0.3) is 0 Å². The highest BCUT2D eigenvalue weighted by molar-refractivity contribution is 6.42. The number of hydrogen-bond acceptors (Lipinski definition) is 4. The summed E-state index contributed by atoms with van der Waals surface area (Å²) in [5.41, 5.74) is 0.740. The summed E-state index contributed by atoms with van der Waals surface area (Å²) in [5, 5.41) is 11.7. The van der Waals surface area contributed by atoms with E-state index in [1.807, 2.05) is 28.8 Å². The van der Waals surface area contributed by atoms with E-state index in [1.54, 1.807) is 18.2 Å². The molecule has 1 aromatic carbocycles. The molecule has 0 saturated carbocycles. The van der Waals surface area contributed by atoms with Crippen LogP contribution in [0.3, 0.4) is 0 Å². The SMILES string of the molecule is O=C(CCOc1ccc(Cl)c(Cl)c1)NCc1nnc2ccccn12. The van der Waals surface area contributed by atoms with Crippen molar-refractivity contribution >= 4 is 34.8 Å². The third-order valence-electron chi connectivity index (χ3n) is 3.32. The molecule has 3 rings (SSSR count). The summed E-state index contributed by atoms with van der Waals surface area (Å²) >= 11 is 11.7. The van der Waals surface area contributed by atoms with E-state index in [2.05, 4.69) is 15.5 Å². The fraction of sp³-hybridized carbons (Fsp3) is 0.188. The fourth-order valence-electron chi connectivity index (χ4n) is 2.11. The molecule has 0 fully saturated rings. The Labute approximate surface area is 148 Å². The maximum Gasteiger partial charge on any atom is 0.223 e. The quantitative estimate of drug-likeness (QED) is 0.729. The molecule has 0 aliphatic carbocycles. The summed E-state index contributed by atoms with van der Waals surface area (Å²) in [6.07, 6.45) is 2.07. The number of hydrogen-bond donors (Lipinski definition) is 1. The highest BCUT2D eigenvalue weighted by atomic mass is 35.5. The largest absolute Gasteiger partial charge is 0.493 e. The number of nitrogens with one attached hydrogen (secondary N) is 1. The second-order valence-electron chi connectivity index (χ2n) is 5.00. The van der Waals surface area contributed by atoms with E-state index >= 15 is 0 Å². The predicted molar refractivity (Wildman–Crippen MR) is 91.4 cm³/mol. The first-order valence-electron chi connectivity index (χ1n) is 7.26. The monoisotopic (exact) mass is 364 g/mol. The molecule has 24 heavy (non-hydrogen) atoms. The molecular weight excluding hydrogens is 351 g/mol. The molecule has 0 radical (unpaired) electrons. The van der Waals surface area contributed by atoms with Gasteiger partial charge in [0.2, 0.25) is 5.91 Å². The Morgan fingerprint density at radius 1 is 1.17 bits per heavy atom. The zero-order valence-corrected chi connectivity index (χ0v) is 14.1. The lowest BCUT2D eigenvalue weighted by Crippen LogP contribution is -2.25. The van der Waals surface area contributed by atoms with Gasteiger partial charge in [0.15, 0.2) is 11.5 Å². The Morgan fingerprint density at radius 3 is 2.88 bits per heavy atom. The molecule has 0 saturated heterocycles. The normalized spacial score (nSPS) is 10.8. The topological polar surface area (TPSA) is 68.5 Å². The molecule has 0 spiro atoms. The second kappa shape index (κ2) is 7.51. The Bertz CT molecular complexity index is 866. The van der Waals surface area contributed by atoms with Crippen LogP contribution in [-0.2, 0) is 11.3 Å². The van der Waals surface area contributed by atoms with Gasteiger partial charge in [-0.25, -0.2) is 0 Å². The molecule has 124 valence electrons. The van der Waals surface area contributed by atoms with Crippen LogP contribution < -0.4 is 10.1 Å². The van der Waals surface area contributed by atoms with Gasteiger partial charge in [-0.2, -0.15) is 0 Å². The number of ether oxygens (including phenoxy) is 1. The van der Waals surface area contributed by atoms with Crippen molar-refractivity contribution in [3.05, 3.63) is 58.5 Å². The zero-order chi connectivity index (χ0) is 16.9. The van der Waals surface area contributed by atoms with E-state index in [-0.39, 0.29) is 18.9 Å². The molecule has 2 aromatic heterocycles. The maximum absolute atomic E-state index is 11.9. The summed E-state index contributed by atoms with van der Waals surface area (Å²) < 4.78 is 7.31. The fourth-order valence-corrected chi connectivity index (χ4v) is 2.39. The van der Waals surface area contributed by atoms with E-state index < -0.39 is 0 Å².